The number of hydrogen-bond donors (Lipinski definition) is 1. The van der Waals surface area contributed by atoms with Crippen molar-refractivity contribution < 1.29 is 4.39 Å². The maximum atomic E-state index is 12.8. The average molecular weight is 333 g/mol. The lowest BCUT2D eigenvalue weighted by atomic mass is 10.2. The van der Waals surface area contributed by atoms with Crippen molar-refractivity contribution in [1.82, 2.24) is 10.3 Å². The molecule has 112 valence electrons. The molecule has 3 rings (SSSR count). The number of hydrogen-bond acceptors (Lipinski definition) is 3. The molecule has 0 bridgehead atoms. The molecule has 0 amide bonds. The summed E-state index contributed by atoms with van der Waals surface area (Å²) >= 11 is 7.55. The molecule has 0 spiro atoms. The number of benzene rings is 2. The van der Waals surface area contributed by atoms with Gasteiger partial charge in [0.15, 0.2) is 0 Å². The van der Waals surface area contributed by atoms with Crippen molar-refractivity contribution in [2.75, 3.05) is 0 Å². The highest BCUT2D eigenvalue weighted by atomic mass is 35.5. The Morgan fingerprint density at radius 1 is 1.00 bits per heavy atom. The predicted octanol–water partition coefficient (Wildman–Crippen LogP) is 4.89. The Morgan fingerprint density at radius 2 is 1.73 bits per heavy atom. The highest BCUT2D eigenvalue weighted by Crippen LogP contribution is 2.27. The Kier molecular flexibility index (Phi) is 4.83. The Bertz CT molecular complexity index is 738. The van der Waals surface area contributed by atoms with Gasteiger partial charge in [0.25, 0.3) is 0 Å². The third-order valence-corrected chi connectivity index (χ3v) is 4.50. The average Bonchev–Trinajstić information content (AvgIpc) is 2.99. The topological polar surface area (TPSA) is 24.9 Å². The normalized spacial score (nSPS) is 10.8. The Morgan fingerprint density at radius 3 is 2.45 bits per heavy atom. The van der Waals surface area contributed by atoms with Crippen LogP contribution >= 0.6 is 22.9 Å². The number of rotatable bonds is 5. The molecule has 0 aliphatic rings. The third kappa shape index (κ3) is 3.91. The van der Waals surface area contributed by atoms with E-state index >= 15 is 0 Å². The lowest BCUT2D eigenvalue weighted by Gasteiger charge is -2.02. The Hall–Kier alpha value is -1.75. The lowest BCUT2D eigenvalue weighted by Crippen LogP contribution is -2.12. The van der Waals surface area contributed by atoms with Gasteiger partial charge in [-0.2, -0.15) is 0 Å². The van der Waals surface area contributed by atoms with E-state index in [4.69, 9.17) is 11.6 Å². The van der Waals surface area contributed by atoms with Gasteiger partial charge in [0, 0.05) is 24.3 Å². The molecule has 1 N–H and O–H groups in total. The Balaban J connectivity index is 1.57. The van der Waals surface area contributed by atoms with Crippen LogP contribution in [0.15, 0.2) is 54.7 Å². The largest absolute Gasteiger partial charge is 0.306 e. The van der Waals surface area contributed by atoms with Crippen LogP contribution in [0.3, 0.4) is 0 Å². The van der Waals surface area contributed by atoms with Crippen LogP contribution in [0.5, 0.6) is 0 Å². The molecule has 5 heteroatoms. The fourth-order valence-electron chi connectivity index (χ4n) is 2.06. The van der Waals surface area contributed by atoms with Crippen LogP contribution < -0.4 is 5.32 Å². The van der Waals surface area contributed by atoms with Gasteiger partial charge in [-0.05, 0) is 35.4 Å². The molecule has 0 saturated heterocycles. The van der Waals surface area contributed by atoms with Crippen LogP contribution in [0.4, 0.5) is 4.39 Å². The highest BCUT2D eigenvalue weighted by molar-refractivity contribution is 7.15. The first-order valence-electron chi connectivity index (χ1n) is 6.86. The molecule has 22 heavy (non-hydrogen) atoms. The van der Waals surface area contributed by atoms with Crippen LogP contribution in [0.25, 0.3) is 10.4 Å². The van der Waals surface area contributed by atoms with E-state index in [9.17, 15) is 4.39 Å². The van der Waals surface area contributed by atoms with Gasteiger partial charge in [0.05, 0.1) is 4.88 Å². The summed E-state index contributed by atoms with van der Waals surface area (Å²) in [6.07, 6.45) is 1.88. The second-order valence-corrected chi connectivity index (χ2v) is 6.41. The van der Waals surface area contributed by atoms with Gasteiger partial charge in [0.1, 0.15) is 10.8 Å². The number of halogens is 2. The molecule has 1 heterocycles. The van der Waals surface area contributed by atoms with Crippen LogP contribution in [-0.4, -0.2) is 4.98 Å². The molecule has 0 aliphatic carbocycles. The molecule has 0 unspecified atom stereocenters. The van der Waals surface area contributed by atoms with Crippen molar-refractivity contribution in [3.63, 3.8) is 0 Å². The second kappa shape index (κ2) is 7.01. The summed E-state index contributed by atoms with van der Waals surface area (Å²) < 4.78 is 12.8. The SMILES string of the molecule is Fc1ccc(CNCc2ncc(-c3ccc(Cl)cc3)s2)cc1. The van der Waals surface area contributed by atoms with Crippen molar-refractivity contribution in [1.29, 1.82) is 0 Å². The van der Waals surface area contributed by atoms with Crippen molar-refractivity contribution in [2.24, 2.45) is 0 Å². The van der Waals surface area contributed by atoms with E-state index in [1.54, 1.807) is 23.5 Å². The lowest BCUT2D eigenvalue weighted by molar-refractivity contribution is 0.625. The number of nitrogens with one attached hydrogen (secondary N) is 1. The minimum absolute atomic E-state index is 0.212. The molecule has 2 aromatic carbocycles. The van der Waals surface area contributed by atoms with Crippen LogP contribution in [0.2, 0.25) is 5.02 Å². The zero-order chi connectivity index (χ0) is 15.4. The van der Waals surface area contributed by atoms with Crippen LogP contribution in [-0.2, 0) is 13.1 Å². The first kappa shape index (κ1) is 15.2. The molecule has 2 nitrogen and oxygen atoms in total. The van der Waals surface area contributed by atoms with Gasteiger partial charge in [-0.1, -0.05) is 35.9 Å². The zero-order valence-electron chi connectivity index (χ0n) is 11.7. The summed E-state index contributed by atoms with van der Waals surface area (Å²) in [5.41, 5.74) is 2.17. The monoisotopic (exact) mass is 332 g/mol. The minimum atomic E-state index is -0.212. The van der Waals surface area contributed by atoms with E-state index in [1.165, 1.54) is 12.1 Å². The Labute approximate surface area is 137 Å². The predicted molar refractivity (Wildman–Crippen MR) is 89.5 cm³/mol. The third-order valence-electron chi connectivity index (χ3n) is 3.20. The van der Waals surface area contributed by atoms with E-state index in [0.29, 0.717) is 13.1 Å². The molecule has 0 saturated carbocycles. The standard InChI is InChI=1S/C17H14ClFN2S/c18-14-5-3-13(4-6-14)16-10-21-17(22-16)11-20-9-12-1-7-15(19)8-2-12/h1-8,10,20H,9,11H2. The van der Waals surface area contributed by atoms with Gasteiger partial charge < -0.3 is 5.32 Å². The smallest absolute Gasteiger partial charge is 0.123 e. The fourth-order valence-corrected chi connectivity index (χ4v) is 3.07. The van der Waals surface area contributed by atoms with E-state index in [1.807, 2.05) is 30.5 Å². The molecular formula is C17H14ClFN2S. The molecule has 0 atom stereocenters. The van der Waals surface area contributed by atoms with Gasteiger partial charge in [-0.15, -0.1) is 11.3 Å². The number of nitrogens with zero attached hydrogens (tertiary/aromatic N) is 1. The summed E-state index contributed by atoms with van der Waals surface area (Å²) in [4.78, 5) is 5.54. The summed E-state index contributed by atoms with van der Waals surface area (Å²) in [5, 5.41) is 5.07. The molecule has 0 fully saturated rings. The van der Waals surface area contributed by atoms with Crippen molar-refractivity contribution in [3.8, 4) is 10.4 Å². The summed E-state index contributed by atoms with van der Waals surface area (Å²) in [6.45, 7) is 1.38. The van der Waals surface area contributed by atoms with Crippen LogP contribution in [0, 0.1) is 5.82 Å². The van der Waals surface area contributed by atoms with Gasteiger partial charge in [-0.25, -0.2) is 9.37 Å². The maximum absolute atomic E-state index is 12.8. The van der Waals surface area contributed by atoms with E-state index in [-0.39, 0.29) is 5.82 Å². The van der Waals surface area contributed by atoms with Gasteiger partial charge >= 0.3 is 0 Å². The van der Waals surface area contributed by atoms with E-state index in [2.05, 4.69) is 10.3 Å². The molecule has 0 radical (unpaired) electrons. The van der Waals surface area contributed by atoms with Crippen molar-refractivity contribution in [3.05, 3.63) is 76.1 Å². The molecule has 1 aromatic heterocycles. The molecule has 0 aliphatic heterocycles. The summed E-state index contributed by atoms with van der Waals surface area (Å²) in [5.74, 6) is -0.212. The molecular weight excluding hydrogens is 319 g/mol. The quantitative estimate of drug-likeness (QED) is 0.719. The van der Waals surface area contributed by atoms with Crippen molar-refractivity contribution >= 4 is 22.9 Å². The van der Waals surface area contributed by atoms with Gasteiger partial charge in [-0.3, -0.25) is 0 Å². The minimum Gasteiger partial charge on any atom is -0.306 e. The fraction of sp³-hybridized carbons (Fsp3) is 0.118. The first-order valence-corrected chi connectivity index (χ1v) is 8.06. The maximum Gasteiger partial charge on any atom is 0.123 e. The molecule has 3 aromatic rings. The van der Waals surface area contributed by atoms with E-state index < -0.39 is 0 Å². The van der Waals surface area contributed by atoms with Crippen molar-refractivity contribution in [2.45, 2.75) is 13.1 Å². The number of thiazole rings is 1. The van der Waals surface area contributed by atoms with Gasteiger partial charge in [0.2, 0.25) is 0 Å². The zero-order valence-corrected chi connectivity index (χ0v) is 13.3. The summed E-state index contributed by atoms with van der Waals surface area (Å²) in [6, 6.07) is 14.2. The first-order chi connectivity index (χ1) is 10.7. The van der Waals surface area contributed by atoms with Crippen LogP contribution in [0.1, 0.15) is 10.6 Å². The number of aromatic nitrogens is 1. The summed E-state index contributed by atoms with van der Waals surface area (Å²) in [7, 11) is 0. The van der Waals surface area contributed by atoms with E-state index in [0.717, 1.165) is 26.0 Å². The second-order valence-electron chi connectivity index (χ2n) is 4.86. The highest BCUT2D eigenvalue weighted by Gasteiger charge is 2.04.